The zero-order valence-corrected chi connectivity index (χ0v) is 14.2. The minimum atomic E-state index is -0.0790. The lowest BCUT2D eigenvalue weighted by molar-refractivity contribution is -0.140. The minimum Gasteiger partial charge on any atom is -0.360 e. The van der Waals surface area contributed by atoms with Crippen LogP contribution in [-0.4, -0.2) is 39.2 Å². The SMILES string of the molecule is O=C1[C@@H]2[C@@H](C(=O)N1CCCNc1nc(C3CC3)ns1)[C@H]1C=C[C@H]2C1. The molecule has 3 fully saturated rings. The van der Waals surface area contributed by atoms with Crippen molar-refractivity contribution < 1.29 is 9.59 Å². The van der Waals surface area contributed by atoms with E-state index in [1.165, 1.54) is 29.3 Å². The molecule has 24 heavy (non-hydrogen) atoms. The number of imide groups is 1. The van der Waals surface area contributed by atoms with E-state index in [4.69, 9.17) is 0 Å². The van der Waals surface area contributed by atoms with E-state index < -0.39 is 0 Å². The van der Waals surface area contributed by atoms with Crippen molar-refractivity contribution in [1.29, 1.82) is 0 Å². The predicted octanol–water partition coefficient (Wildman–Crippen LogP) is 2.02. The highest BCUT2D eigenvalue weighted by molar-refractivity contribution is 7.09. The summed E-state index contributed by atoms with van der Waals surface area (Å²) in [7, 11) is 0. The number of amides is 2. The van der Waals surface area contributed by atoms with Gasteiger partial charge in [-0.25, -0.2) is 4.98 Å². The van der Waals surface area contributed by atoms with Crippen LogP contribution in [0.2, 0.25) is 0 Å². The van der Waals surface area contributed by atoms with Crippen LogP contribution in [0.5, 0.6) is 0 Å². The number of nitrogens with one attached hydrogen (secondary N) is 1. The van der Waals surface area contributed by atoms with Gasteiger partial charge in [0.05, 0.1) is 11.8 Å². The minimum absolute atomic E-state index is 0.0498. The molecule has 7 heteroatoms. The van der Waals surface area contributed by atoms with Gasteiger partial charge in [0.25, 0.3) is 0 Å². The van der Waals surface area contributed by atoms with Gasteiger partial charge in [-0.15, -0.1) is 0 Å². The number of fused-ring (bicyclic) bond motifs is 5. The normalized spacial score (nSPS) is 33.6. The molecular formula is C17H20N4O2S. The van der Waals surface area contributed by atoms with E-state index >= 15 is 0 Å². The third-order valence-electron chi connectivity index (χ3n) is 5.78. The third-order valence-corrected chi connectivity index (χ3v) is 6.47. The molecule has 1 N–H and O–H groups in total. The summed E-state index contributed by atoms with van der Waals surface area (Å²) >= 11 is 1.40. The number of allylic oxidation sites excluding steroid dienone is 2. The fourth-order valence-corrected chi connectivity index (χ4v) is 5.10. The first-order valence-electron chi connectivity index (χ1n) is 8.83. The van der Waals surface area contributed by atoms with Crippen molar-refractivity contribution in [1.82, 2.24) is 14.3 Å². The van der Waals surface area contributed by atoms with Crippen molar-refractivity contribution in [3.05, 3.63) is 18.0 Å². The Morgan fingerprint density at radius 2 is 1.88 bits per heavy atom. The summed E-state index contributed by atoms with van der Waals surface area (Å²) in [6.45, 7) is 1.21. The Hall–Kier alpha value is -1.76. The van der Waals surface area contributed by atoms with Gasteiger partial charge >= 0.3 is 0 Å². The maximum absolute atomic E-state index is 12.6. The third kappa shape index (κ3) is 2.21. The van der Waals surface area contributed by atoms with Gasteiger partial charge in [-0.3, -0.25) is 14.5 Å². The van der Waals surface area contributed by atoms with Crippen molar-refractivity contribution in [3.8, 4) is 0 Å². The van der Waals surface area contributed by atoms with Crippen molar-refractivity contribution in [3.63, 3.8) is 0 Å². The fraction of sp³-hybridized carbons (Fsp3) is 0.647. The van der Waals surface area contributed by atoms with Gasteiger partial charge < -0.3 is 5.32 Å². The first kappa shape index (κ1) is 14.6. The highest BCUT2D eigenvalue weighted by atomic mass is 32.1. The average Bonchev–Trinajstić information content (AvgIpc) is 2.96. The van der Waals surface area contributed by atoms with Gasteiger partial charge in [0, 0.05) is 30.5 Å². The summed E-state index contributed by atoms with van der Waals surface area (Å²) in [4.78, 5) is 31.1. The van der Waals surface area contributed by atoms with Crippen molar-refractivity contribution >= 4 is 28.5 Å². The molecule has 1 aromatic rings. The standard InChI is InChI=1S/C17H20N4O2S/c22-15-12-10-4-5-11(8-10)13(12)16(23)21(15)7-1-6-18-17-19-14(20-24-17)9-2-3-9/h4-5,9-13H,1-3,6-8H2,(H,18,19,20)/t10-,11-,12-,13-/m0/s1. The van der Waals surface area contributed by atoms with E-state index in [0.717, 1.165) is 23.8 Å². The molecule has 4 atom stereocenters. The Balaban J connectivity index is 1.14. The van der Waals surface area contributed by atoms with Crippen LogP contribution in [0.25, 0.3) is 0 Å². The Bertz CT molecular complexity index is 696. The topological polar surface area (TPSA) is 75.2 Å². The molecule has 0 aromatic carbocycles. The highest BCUT2D eigenvalue weighted by Gasteiger charge is 2.58. The quantitative estimate of drug-likeness (QED) is 0.485. The van der Waals surface area contributed by atoms with E-state index in [9.17, 15) is 9.59 Å². The summed E-state index contributed by atoms with van der Waals surface area (Å²) < 4.78 is 4.36. The summed E-state index contributed by atoms with van der Waals surface area (Å²) in [6, 6.07) is 0. The van der Waals surface area contributed by atoms with Crippen LogP contribution in [0, 0.1) is 23.7 Å². The Kier molecular flexibility index (Phi) is 3.26. The predicted molar refractivity (Wildman–Crippen MR) is 89.4 cm³/mol. The average molecular weight is 344 g/mol. The highest BCUT2D eigenvalue weighted by Crippen LogP contribution is 2.52. The number of hydrogen-bond donors (Lipinski definition) is 1. The molecule has 2 saturated carbocycles. The second kappa shape index (κ2) is 5.37. The molecule has 0 radical (unpaired) electrons. The molecule has 6 nitrogen and oxygen atoms in total. The van der Waals surface area contributed by atoms with Crippen LogP contribution in [0.4, 0.5) is 5.13 Å². The Labute approximate surface area is 144 Å². The summed E-state index contributed by atoms with van der Waals surface area (Å²) in [6.07, 6.45) is 8.41. The molecule has 2 bridgehead atoms. The molecule has 4 aliphatic rings. The fourth-order valence-electron chi connectivity index (χ4n) is 4.43. The summed E-state index contributed by atoms with van der Waals surface area (Å²) in [5.41, 5.74) is 0. The molecule has 3 aliphatic carbocycles. The molecule has 1 aromatic heterocycles. The van der Waals surface area contributed by atoms with Gasteiger partial charge in [-0.1, -0.05) is 12.2 Å². The lowest BCUT2D eigenvalue weighted by Gasteiger charge is -2.17. The van der Waals surface area contributed by atoms with E-state index in [0.29, 0.717) is 30.8 Å². The largest absolute Gasteiger partial charge is 0.360 e. The molecule has 1 saturated heterocycles. The van der Waals surface area contributed by atoms with Gasteiger partial charge in [-0.2, -0.15) is 4.37 Å². The number of anilines is 1. The number of aromatic nitrogens is 2. The van der Waals surface area contributed by atoms with E-state index in [1.807, 2.05) is 0 Å². The van der Waals surface area contributed by atoms with Gasteiger partial charge in [0.15, 0.2) is 0 Å². The van der Waals surface area contributed by atoms with Gasteiger partial charge in [-0.05, 0) is 37.5 Å². The molecule has 0 unspecified atom stereocenters. The van der Waals surface area contributed by atoms with Crippen LogP contribution in [-0.2, 0) is 9.59 Å². The maximum atomic E-state index is 12.6. The molecule has 0 spiro atoms. The smallest absolute Gasteiger partial charge is 0.233 e. The van der Waals surface area contributed by atoms with Crippen LogP contribution in [0.15, 0.2) is 12.2 Å². The zero-order chi connectivity index (χ0) is 16.3. The van der Waals surface area contributed by atoms with Crippen LogP contribution < -0.4 is 5.32 Å². The van der Waals surface area contributed by atoms with E-state index in [-0.39, 0.29) is 23.7 Å². The molecule has 5 rings (SSSR count). The second-order valence-electron chi connectivity index (χ2n) is 7.34. The van der Waals surface area contributed by atoms with Crippen LogP contribution in [0.1, 0.15) is 37.4 Å². The molecular weight excluding hydrogens is 324 g/mol. The number of nitrogens with zero attached hydrogens (tertiary/aromatic N) is 3. The van der Waals surface area contributed by atoms with E-state index in [2.05, 4.69) is 26.8 Å². The molecule has 126 valence electrons. The Morgan fingerprint density at radius 3 is 2.54 bits per heavy atom. The van der Waals surface area contributed by atoms with Crippen molar-refractivity contribution in [2.45, 2.75) is 31.6 Å². The lowest BCUT2D eigenvalue weighted by atomic mass is 9.85. The number of hydrogen-bond acceptors (Lipinski definition) is 6. The zero-order valence-electron chi connectivity index (χ0n) is 13.4. The number of likely N-dealkylation sites (tertiary alicyclic amines) is 1. The van der Waals surface area contributed by atoms with Gasteiger partial charge in [0.1, 0.15) is 5.82 Å². The Morgan fingerprint density at radius 1 is 1.17 bits per heavy atom. The van der Waals surface area contributed by atoms with Crippen molar-refractivity contribution in [2.75, 3.05) is 18.4 Å². The molecule has 1 aliphatic heterocycles. The van der Waals surface area contributed by atoms with Crippen LogP contribution >= 0.6 is 11.5 Å². The first-order chi connectivity index (χ1) is 11.7. The van der Waals surface area contributed by atoms with Crippen LogP contribution in [0.3, 0.4) is 0 Å². The number of carbonyl (C=O) groups excluding carboxylic acids is 2. The summed E-state index contributed by atoms with van der Waals surface area (Å²) in [5.74, 6) is 2.06. The van der Waals surface area contributed by atoms with Gasteiger partial charge in [0.2, 0.25) is 16.9 Å². The second-order valence-corrected chi connectivity index (χ2v) is 8.09. The maximum Gasteiger partial charge on any atom is 0.233 e. The molecule has 2 amide bonds. The first-order valence-corrected chi connectivity index (χ1v) is 9.61. The monoisotopic (exact) mass is 344 g/mol. The van der Waals surface area contributed by atoms with E-state index in [1.54, 1.807) is 0 Å². The lowest BCUT2D eigenvalue weighted by Crippen LogP contribution is -2.34. The van der Waals surface area contributed by atoms with Crippen molar-refractivity contribution in [2.24, 2.45) is 23.7 Å². The number of carbonyl (C=O) groups is 2. The molecule has 2 heterocycles. The summed E-state index contributed by atoms with van der Waals surface area (Å²) in [5, 5.41) is 4.11. The number of rotatable bonds is 6.